The van der Waals surface area contributed by atoms with Crippen molar-refractivity contribution in [3.63, 3.8) is 0 Å². The summed E-state index contributed by atoms with van der Waals surface area (Å²) >= 11 is 0. The summed E-state index contributed by atoms with van der Waals surface area (Å²) in [4.78, 5) is 11.4. The van der Waals surface area contributed by atoms with E-state index < -0.39 is 0 Å². The molecule has 0 bridgehead atoms. The number of aryl methyl sites for hydroxylation is 2. The number of anilines is 1. The van der Waals surface area contributed by atoms with Crippen molar-refractivity contribution in [2.45, 2.75) is 51.7 Å². The Morgan fingerprint density at radius 2 is 2.24 bits per heavy atom. The molecular weight excluding hydrogens is 266 g/mol. The Bertz CT molecular complexity index is 494. The first-order valence-corrected chi connectivity index (χ1v) is 8.06. The van der Waals surface area contributed by atoms with Gasteiger partial charge < -0.3 is 14.7 Å². The van der Waals surface area contributed by atoms with Crippen LogP contribution < -0.4 is 4.90 Å². The third-order valence-corrected chi connectivity index (χ3v) is 4.69. The lowest BCUT2D eigenvalue weighted by molar-refractivity contribution is -0.0438. The molecule has 1 aromatic rings. The largest absolute Gasteiger partial charge is 0.393 e. The van der Waals surface area contributed by atoms with Gasteiger partial charge in [0.25, 0.3) is 0 Å². The molecule has 2 saturated heterocycles. The third kappa shape index (κ3) is 3.04. The summed E-state index contributed by atoms with van der Waals surface area (Å²) in [6.07, 6.45) is 3.67. The smallest absolute Gasteiger partial charge is 0.132 e. The zero-order valence-corrected chi connectivity index (χ0v) is 13.0. The molecule has 3 rings (SSSR count). The number of hydrogen-bond acceptors (Lipinski definition) is 5. The average Bonchev–Trinajstić information content (AvgIpc) is 2.96. The molecule has 1 N–H and O–H groups in total. The first-order chi connectivity index (χ1) is 10.2. The van der Waals surface area contributed by atoms with Gasteiger partial charge in [0.2, 0.25) is 0 Å². The van der Waals surface area contributed by atoms with Crippen molar-refractivity contribution in [1.82, 2.24) is 9.97 Å². The summed E-state index contributed by atoms with van der Waals surface area (Å²) in [6.45, 7) is 6.41. The van der Waals surface area contributed by atoms with E-state index in [0.29, 0.717) is 19.3 Å². The maximum absolute atomic E-state index is 10.3. The molecule has 3 atom stereocenters. The van der Waals surface area contributed by atoms with E-state index in [4.69, 9.17) is 4.74 Å². The van der Waals surface area contributed by atoms with Crippen LogP contribution in [0.2, 0.25) is 0 Å². The van der Waals surface area contributed by atoms with E-state index >= 15 is 0 Å². The van der Waals surface area contributed by atoms with Gasteiger partial charge in [-0.15, -0.1) is 0 Å². The molecule has 3 heterocycles. The van der Waals surface area contributed by atoms with Gasteiger partial charge in [0.15, 0.2) is 0 Å². The van der Waals surface area contributed by atoms with Gasteiger partial charge in [0, 0.05) is 36.9 Å². The molecule has 0 spiro atoms. The molecular formula is C16H25N3O2. The van der Waals surface area contributed by atoms with Gasteiger partial charge in [-0.25, -0.2) is 9.97 Å². The fraction of sp³-hybridized carbons (Fsp3) is 0.750. The lowest BCUT2D eigenvalue weighted by Gasteiger charge is -2.37. The standard InChI is InChI=1S/C16H25N3O2/c1-3-12-9-16(18-11(2)17-12)19-7-4-5-14(19)13-10-21-8-6-15(13)20/h9,13-15,20H,3-8,10H2,1-2H3/t13-,14-,15+/m1/s1. The third-order valence-electron chi connectivity index (χ3n) is 4.69. The van der Waals surface area contributed by atoms with Gasteiger partial charge in [0.05, 0.1) is 12.7 Å². The van der Waals surface area contributed by atoms with E-state index in [1.165, 1.54) is 0 Å². The van der Waals surface area contributed by atoms with Gasteiger partial charge in [-0.3, -0.25) is 0 Å². The predicted molar refractivity (Wildman–Crippen MR) is 81.4 cm³/mol. The Hall–Kier alpha value is -1.20. The van der Waals surface area contributed by atoms with E-state index in [-0.39, 0.29) is 12.0 Å². The molecule has 0 radical (unpaired) electrons. The molecule has 116 valence electrons. The Morgan fingerprint density at radius 3 is 3.00 bits per heavy atom. The summed E-state index contributed by atoms with van der Waals surface area (Å²) in [5.41, 5.74) is 1.09. The molecule has 0 saturated carbocycles. The van der Waals surface area contributed by atoms with Crippen molar-refractivity contribution in [3.8, 4) is 0 Å². The quantitative estimate of drug-likeness (QED) is 0.919. The molecule has 2 aliphatic heterocycles. The van der Waals surface area contributed by atoms with Crippen molar-refractivity contribution in [1.29, 1.82) is 0 Å². The minimum atomic E-state index is -0.252. The Morgan fingerprint density at radius 1 is 1.38 bits per heavy atom. The number of ether oxygens (including phenoxy) is 1. The van der Waals surface area contributed by atoms with Gasteiger partial charge in [-0.1, -0.05) is 6.92 Å². The van der Waals surface area contributed by atoms with Gasteiger partial charge in [0.1, 0.15) is 11.6 Å². The zero-order chi connectivity index (χ0) is 14.8. The number of aliphatic hydroxyl groups is 1. The SMILES string of the molecule is CCc1cc(N2CCC[C@@H]2[C@H]2COCC[C@@H]2O)nc(C)n1. The fourth-order valence-electron chi connectivity index (χ4n) is 3.58. The van der Waals surface area contributed by atoms with Crippen LogP contribution in [0.15, 0.2) is 6.07 Å². The summed E-state index contributed by atoms with van der Waals surface area (Å²) in [5, 5.41) is 10.3. The van der Waals surface area contributed by atoms with Crippen LogP contribution in [0.3, 0.4) is 0 Å². The Kier molecular flexibility index (Phi) is 4.40. The highest BCUT2D eigenvalue weighted by atomic mass is 16.5. The topological polar surface area (TPSA) is 58.5 Å². The van der Waals surface area contributed by atoms with Gasteiger partial charge in [-0.05, 0) is 32.6 Å². The minimum absolute atomic E-state index is 0.196. The molecule has 0 amide bonds. The number of rotatable bonds is 3. The number of aliphatic hydroxyl groups excluding tert-OH is 1. The van der Waals surface area contributed by atoms with Crippen LogP contribution in [0.25, 0.3) is 0 Å². The zero-order valence-electron chi connectivity index (χ0n) is 13.0. The highest BCUT2D eigenvalue weighted by Crippen LogP contribution is 2.33. The average molecular weight is 291 g/mol. The van der Waals surface area contributed by atoms with E-state index in [2.05, 4.69) is 27.9 Å². The van der Waals surface area contributed by atoms with Crippen molar-refractivity contribution in [2.24, 2.45) is 5.92 Å². The van der Waals surface area contributed by atoms with Crippen LogP contribution in [0, 0.1) is 12.8 Å². The van der Waals surface area contributed by atoms with Gasteiger partial charge in [-0.2, -0.15) is 0 Å². The van der Waals surface area contributed by atoms with Crippen molar-refractivity contribution in [2.75, 3.05) is 24.7 Å². The maximum atomic E-state index is 10.3. The Labute approximate surface area is 126 Å². The second-order valence-corrected chi connectivity index (χ2v) is 6.12. The number of nitrogens with zero attached hydrogens (tertiary/aromatic N) is 3. The number of hydrogen-bond donors (Lipinski definition) is 1. The maximum Gasteiger partial charge on any atom is 0.132 e. The molecule has 2 aliphatic rings. The van der Waals surface area contributed by atoms with Crippen molar-refractivity contribution >= 4 is 5.82 Å². The van der Waals surface area contributed by atoms with Crippen LogP contribution in [0.5, 0.6) is 0 Å². The predicted octanol–water partition coefficient (Wildman–Crippen LogP) is 1.71. The normalized spacial score (nSPS) is 29.9. The second kappa shape index (κ2) is 6.28. The first kappa shape index (κ1) is 14.7. The summed E-state index contributed by atoms with van der Waals surface area (Å²) in [7, 11) is 0. The van der Waals surface area contributed by atoms with E-state index in [1.54, 1.807) is 0 Å². The molecule has 5 nitrogen and oxygen atoms in total. The lowest BCUT2D eigenvalue weighted by atomic mass is 9.89. The van der Waals surface area contributed by atoms with Crippen molar-refractivity contribution < 1.29 is 9.84 Å². The lowest BCUT2D eigenvalue weighted by Crippen LogP contribution is -2.46. The molecule has 1 aromatic heterocycles. The molecule has 21 heavy (non-hydrogen) atoms. The highest BCUT2D eigenvalue weighted by molar-refractivity contribution is 5.43. The summed E-state index contributed by atoms with van der Waals surface area (Å²) in [6, 6.07) is 2.43. The van der Waals surface area contributed by atoms with Crippen LogP contribution in [-0.2, 0) is 11.2 Å². The molecule has 0 aliphatic carbocycles. The van der Waals surface area contributed by atoms with E-state index in [0.717, 1.165) is 49.6 Å². The minimum Gasteiger partial charge on any atom is -0.393 e. The fourth-order valence-corrected chi connectivity index (χ4v) is 3.58. The van der Waals surface area contributed by atoms with E-state index in [1.807, 2.05) is 6.92 Å². The monoisotopic (exact) mass is 291 g/mol. The summed E-state index contributed by atoms with van der Waals surface area (Å²) in [5.74, 6) is 2.04. The highest BCUT2D eigenvalue weighted by Gasteiger charge is 2.38. The summed E-state index contributed by atoms with van der Waals surface area (Å²) < 4.78 is 5.60. The van der Waals surface area contributed by atoms with E-state index in [9.17, 15) is 5.11 Å². The molecule has 0 aromatic carbocycles. The number of aromatic nitrogens is 2. The van der Waals surface area contributed by atoms with Gasteiger partial charge >= 0.3 is 0 Å². The van der Waals surface area contributed by atoms with Crippen LogP contribution in [0.1, 0.15) is 37.7 Å². The van der Waals surface area contributed by atoms with Crippen LogP contribution >= 0.6 is 0 Å². The van der Waals surface area contributed by atoms with Crippen LogP contribution in [0.4, 0.5) is 5.82 Å². The van der Waals surface area contributed by atoms with Crippen molar-refractivity contribution in [3.05, 3.63) is 17.6 Å². The molecule has 5 heteroatoms. The molecule has 0 unspecified atom stereocenters. The Balaban J connectivity index is 1.84. The second-order valence-electron chi connectivity index (χ2n) is 6.12. The first-order valence-electron chi connectivity index (χ1n) is 8.06. The molecule has 2 fully saturated rings. The van der Waals surface area contributed by atoms with Crippen LogP contribution in [-0.4, -0.2) is 47.0 Å².